The highest BCUT2D eigenvalue weighted by Crippen LogP contribution is 2.30. The molecule has 0 N–H and O–H groups in total. The van der Waals surface area contributed by atoms with Crippen molar-refractivity contribution in [1.82, 2.24) is 0 Å². The molecule has 0 aliphatic carbocycles. The van der Waals surface area contributed by atoms with Crippen LogP contribution in [0.2, 0.25) is 0 Å². The molecular formula is C15H24NO3S2Si+. The average molecular weight is 359 g/mol. The highest BCUT2D eigenvalue weighted by Gasteiger charge is 2.39. The van der Waals surface area contributed by atoms with Gasteiger partial charge in [-0.25, -0.2) is 0 Å². The van der Waals surface area contributed by atoms with Gasteiger partial charge in [0.2, 0.25) is 5.52 Å². The number of para-hydroxylation sites is 1. The molecule has 0 amide bonds. The Hall–Kier alpha value is -0.443. The number of hydrogen-bond acceptors (Lipinski definition) is 5. The van der Waals surface area contributed by atoms with Gasteiger partial charge in [-0.3, -0.25) is 0 Å². The predicted octanol–water partition coefficient (Wildman–Crippen LogP) is 3.50. The Morgan fingerprint density at radius 3 is 2.45 bits per heavy atom. The van der Waals surface area contributed by atoms with Gasteiger partial charge < -0.3 is 13.3 Å². The van der Waals surface area contributed by atoms with Gasteiger partial charge in [0.15, 0.2) is 6.54 Å². The van der Waals surface area contributed by atoms with Gasteiger partial charge >= 0.3 is 8.80 Å². The zero-order chi connectivity index (χ0) is 16.0. The minimum atomic E-state index is -2.55. The van der Waals surface area contributed by atoms with E-state index in [1.807, 2.05) is 11.3 Å². The van der Waals surface area contributed by atoms with Crippen molar-refractivity contribution in [3.8, 4) is 0 Å². The van der Waals surface area contributed by atoms with Gasteiger partial charge in [-0.05, 0) is 17.8 Å². The SMILES string of the molecule is CCCC[n+]1c(SC[Si](OC)(OC)OC)sc2ccccc21. The summed E-state index contributed by atoms with van der Waals surface area (Å²) in [4.78, 5) is 0. The molecular weight excluding hydrogens is 334 g/mol. The maximum absolute atomic E-state index is 5.52. The fourth-order valence-corrected chi connectivity index (χ4v) is 7.64. The van der Waals surface area contributed by atoms with Gasteiger partial charge in [0.1, 0.15) is 4.70 Å². The van der Waals surface area contributed by atoms with Crippen LogP contribution >= 0.6 is 23.1 Å². The number of thioether (sulfide) groups is 1. The standard InChI is InChI=1S/C15H24NO3S2Si/c1-5-6-11-16-13-9-7-8-10-14(13)21-15(16)20-12-22(17-2,18-3)19-4/h7-10H,5-6,11-12H2,1-4H3/q+1. The lowest BCUT2D eigenvalue weighted by Gasteiger charge is -2.22. The van der Waals surface area contributed by atoms with Crippen molar-refractivity contribution in [2.24, 2.45) is 0 Å². The third-order valence-electron chi connectivity index (χ3n) is 3.61. The zero-order valence-corrected chi connectivity index (χ0v) is 16.3. The van der Waals surface area contributed by atoms with Crippen LogP contribution in [0, 0.1) is 0 Å². The number of unbranched alkanes of at least 4 members (excludes halogenated alkanes) is 1. The van der Waals surface area contributed by atoms with Crippen molar-refractivity contribution in [1.29, 1.82) is 0 Å². The number of benzene rings is 1. The molecule has 1 aromatic heterocycles. The maximum Gasteiger partial charge on any atom is 0.511 e. The predicted molar refractivity (Wildman–Crippen MR) is 94.4 cm³/mol. The first-order chi connectivity index (χ1) is 10.7. The van der Waals surface area contributed by atoms with Gasteiger partial charge in [0.05, 0.1) is 5.38 Å². The molecule has 7 heteroatoms. The number of hydrogen-bond donors (Lipinski definition) is 0. The lowest BCUT2D eigenvalue weighted by molar-refractivity contribution is -0.702. The number of aromatic nitrogens is 1. The number of nitrogens with zero attached hydrogens (tertiary/aromatic N) is 1. The van der Waals surface area contributed by atoms with E-state index in [0.717, 1.165) is 11.9 Å². The van der Waals surface area contributed by atoms with Crippen LogP contribution in [0.15, 0.2) is 28.6 Å². The average Bonchev–Trinajstić information content (AvgIpc) is 2.92. The Morgan fingerprint density at radius 1 is 1.14 bits per heavy atom. The Balaban J connectivity index is 2.26. The number of fused-ring (bicyclic) bond motifs is 1. The lowest BCUT2D eigenvalue weighted by atomic mass is 10.3. The molecule has 1 heterocycles. The lowest BCUT2D eigenvalue weighted by Crippen LogP contribution is -2.46. The number of thiazole rings is 1. The Bertz CT molecular complexity index is 593. The fourth-order valence-electron chi connectivity index (χ4n) is 2.23. The van der Waals surface area contributed by atoms with E-state index in [2.05, 4.69) is 35.8 Å². The summed E-state index contributed by atoms with van der Waals surface area (Å²) >= 11 is 3.60. The van der Waals surface area contributed by atoms with Gasteiger partial charge in [-0.2, -0.15) is 4.57 Å². The van der Waals surface area contributed by atoms with E-state index in [-0.39, 0.29) is 0 Å². The quantitative estimate of drug-likeness (QED) is 0.390. The van der Waals surface area contributed by atoms with Crippen molar-refractivity contribution < 1.29 is 17.8 Å². The second-order valence-electron chi connectivity index (χ2n) is 4.92. The summed E-state index contributed by atoms with van der Waals surface area (Å²) in [6.07, 6.45) is 2.37. The molecule has 0 atom stereocenters. The van der Waals surface area contributed by atoms with Crippen LogP contribution < -0.4 is 4.57 Å². The molecule has 0 radical (unpaired) electrons. The maximum atomic E-state index is 5.52. The van der Waals surface area contributed by atoms with E-state index in [1.54, 1.807) is 33.1 Å². The summed E-state index contributed by atoms with van der Waals surface area (Å²) in [5.41, 5.74) is 1.31. The third kappa shape index (κ3) is 3.90. The molecule has 122 valence electrons. The summed E-state index contributed by atoms with van der Waals surface area (Å²) in [6.45, 7) is 3.27. The minimum Gasteiger partial charge on any atom is -0.376 e. The van der Waals surface area contributed by atoms with E-state index in [1.165, 1.54) is 27.4 Å². The van der Waals surface area contributed by atoms with E-state index in [4.69, 9.17) is 13.3 Å². The van der Waals surface area contributed by atoms with E-state index >= 15 is 0 Å². The van der Waals surface area contributed by atoms with Crippen molar-refractivity contribution in [3.63, 3.8) is 0 Å². The van der Waals surface area contributed by atoms with Crippen LogP contribution in [0.25, 0.3) is 10.2 Å². The molecule has 2 rings (SSSR count). The Kier molecular flexibility index (Phi) is 6.85. The topological polar surface area (TPSA) is 31.6 Å². The van der Waals surface area contributed by atoms with E-state index in [0.29, 0.717) is 0 Å². The van der Waals surface area contributed by atoms with Gasteiger partial charge in [-0.15, -0.1) is 0 Å². The van der Waals surface area contributed by atoms with E-state index in [9.17, 15) is 0 Å². The zero-order valence-electron chi connectivity index (χ0n) is 13.6. The summed E-state index contributed by atoms with van der Waals surface area (Å²) in [5, 5.41) is 0.718. The molecule has 0 saturated carbocycles. The van der Waals surface area contributed by atoms with Crippen LogP contribution in [0.5, 0.6) is 0 Å². The number of rotatable bonds is 9. The molecule has 4 nitrogen and oxygen atoms in total. The van der Waals surface area contributed by atoms with Crippen LogP contribution in [0.1, 0.15) is 19.8 Å². The van der Waals surface area contributed by atoms with Crippen LogP contribution in [-0.4, -0.2) is 35.5 Å². The molecule has 0 spiro atoms. The summed E-state index contributed by atoms with van der Waals surface area (Å²) in [6, 6.07) is 8.57. The first-order valence-corrected chi connectivity index (χ1v) is 11.1. The van der Waals surface area contributed by atoms with Crippen molar-refractivity contribution in [2.75, 3.05) is 26.7 Å². The Morgan fingerprint density at radius 2 is 1.82 bits per heavy atom. The van der Waals surface area contributed by atoms with Crippen molar-refractivity contribution in [3.05, 3.63) is 24.3 Å². The second kappa shape index (κ2) is 8.42. The Labute approximate surface area is 141 Å². The highest BCUT2D eigenvalue weighted by atomic mass is 32.2. The van der Waals surface area contributed by atoms with Gasteiger partial charge in [-0.1, -0.05) is 36.8 Å². The first-order valence-electron chi connectivity index (χ1n) is 7.39. The molecule has 0 bridgehead atoms. The monoisotopic (exact) mass is 358 g/mol. The molecule has 22 heavy (non-hydrogen) atoms. The summed E-state index contributed by atoms with van der Waals surface area (Å²) in [5.74, 6) is 0. The fraction of sp³-hybridized carbons (Fsp3) is 0.533. The van der Waals surface area contributed by atoms with Gasteiger partial charge in [0, 0.05) is 33.8 Å². The molecule has 2 aromatic rings. The largest absolute Gasteiger partial charge is 0.511 e. The molecule has 0 aliphatic heterocycles. The van der Waals surface area contributed by atoms with Crippen molar-refractivity contribution >= 4 is 42.1 Å². The summed E-state index contributed by atoms with van der Waals surface area (Å²) < 4.78 is 21.6. The second-order valence-corrected chi connectivity index (χ2v) is 10.6. The summed E-state index contributed by atoms with van der Waals surface area (Å²) in [7, 11) is 2.44. The van der Waals surface area contributed by atoms with E-state index < -0.39 is 8.80 Å². The molecule has 0 fully saturated rings. The van der Waals surface area contributed by atoms with Crippen molar-refractivity contribution in [2.45, 2.75) is 30.6 Å². The van der Waals surface area contributed by atoms with Crippen LogP contribution in [0.4, 0.5) is 0 Å². The van der Waals surface area contributed by atoms with Crippen LogP contribution in [0.3, 0.4) is 0 Å². The van der Waals surface area contributed by atoms with Crippen LogP contribution in [-0.2, 0) is 19.8 Å². The number of aryl methyl sites for hydroxylation is 1. The molecule has 0 unspecified atom stereocenters. The smallest absolute Gasteiger partial charge is 0.376 e. The molecule has 1 aromatic carbocycles. The molecule has 0 saturated heterocycles. The minimum absolute atomic E-state index is 0.718. The first kappa shape index (κ1) is 17.9. The third-order valence-corrected chi connectivity index (χ3v) is 9.50. The molecule has 0 aliphatic rings. The normalized spacial score (nSPS) is 12.2. The van der Waals surface area contributed by atoms with Gasteiger partial charge in [0.25, 0.3) is 4.34 Å². The highest BCUT2D eigenvalue weighted by molar-refractivity contribution is 8.02.